The standard InChI is InChI=1S/C22H18ClNO3S.C20H20BrF2NO3S.C19H20BrNO4S.C15H12BrNO3S.2C15H11Cl2NO3S/c23-17-9-7-14(8-10-17)20-19(22(26)27)18(12-28-20)24-21(25)16-6-5-13-3-1-2-4-15(13)11-16;1-20(22,23)13-6-2-12(3-7-13)18(25)24-15-10-28-17(16(15)19(26)27)11-4-8-14(21)9-5-11;1-25-14-4-2-3-12(9-14)18(22)21-15-10-26-17(16(15)19(23)24)11-5-7-13(20)8-6-11;16-10-4-2-1-3-9(10)13-12(15(19)20)11(7-21-13)17-14(18)8-5-6-8;16-8-3-4-9(10(17)5-8)13-12(15(20)21)11(6-22-13)18-14(19)7-1-2-7;16-9-4-3-8(5-10(9)17)13-12(15(20)21)11(6-22-13)18-14(19)7-1-2-7/h1-4,7-10,12,16H,5-6,11H2,(H,24,25)(H,26,27);4-5,8-10,12-13H,2-3,6-7H2,1H3,(H,24,25)(H,26,27);5-8,10,12,14H,2-4,9H2,1H3,(H,21,22)(H,23,24);1-4,7-8H,5-6H2,(H,17,18)(H,19,20);2*3-7H,1-2H2,(H,18,19)(H,20,21). The van der Waals surface area contributed by atoms with Crippen molar-refractivity contribution in [3.63, 3.8) is 0 Å². The number of rotatable bonds is 26. The van der Waals surface area contributed by atoms with E-state index in [2.05, 4.69) is 91.8 Å². The number of benzene rings is 7. The molecule has 6 amide bonds. The van der Waals surface area contributed by atoms with E-state index in [9.17, 15) is 97.0 Å². The SMILES string of the molecule is CC(F)(F)C1CCC(C(=O)Nc2csc(-c3ccc(Br)cc3)c2C(=O)O)CC1.COC1CCCC(C(=O)Nc2csc(-c3ccc(Br)cc3)c2C(=O)O)C1.O=C(O)c1c(NC(=O)C2CC2)csc1-c1ccc(Cl)c(Cl)c1.O=C(O)c1c(NC(=O)C2CC2)csc1-c1ccc(Cl)cc1Cl.O=C(O)c1c(NC(=O)C2CC2)csc1-c1ccccc1Br.O=C(O)c1c(NC(=O)C2CCc3ccccc3C2)csc1-c1ccc(Cl)cc1. The molecule has 766 valence electrons. The first-order chi connectivity index (χ1) is 70.2. The van der Waals surface area contributed by atoms with Gasteiger partial charge in [-0.2, -0.15) is 0 Å². The van der Waals surface area contributed by atoms with Crippen molar-refractivity contribution in [2.24, 2.45) is 41.4 Å². The van der Waals surface area contributed by atoms with Crippen molar-refractivity contribution in [3.8, 4) is 62.6 Å². The number of carboxylic acids is 6. The third kappa shape index (κ3) is 29.0. The van der Waals surface area contributed by atoms with Crippen LogP contribution in [0.5, 0.6) is 0 Å². The smallest absolute Gasteiger partial charge is 0.339 e. The van der Waals surface area contributed by atoms with Gasteiger partial charge in [0.25, 0.3) is 0 Å². The van der Waals surface area contributed by atoms with Crippen LogP contribution in [0, 0.1) is 41.4 Å². The molecule has 25 nitrogen and oxygen atoms in total. The van der Waals surface area contributed by atoms with Gasteiger partial charge in [-0.05, 0) is 210 Å². The van der Waals surface area contributed by atoms with Crippen LogP contribution in [0.2, 0.25) is 25.1 Å². The molecule has 0 spiro atoms. The second-order valence-corrected chi connectivity index (χ2v) is 45.5. The molecule has 6 heterocycles. The van der Waals surface area contributed by atoms with Crippen molar-refractivity contribution < 1.29 is 102 Å². The monoisotopic (exact) mass is 2390 g/mol. The summed E-state index contributed by atoms with van der Waals surface area (Å²) in [6, 6.07) is 47.2. The molecule has 0 radical (unpaired) electrons. The minimum absolute atomic E-state index is 0.00381. The molecular weight excluding hydrogens is 2310 g/mol. The second kappa shape index (κ2) is 50.6. The number of alkyl halides is 2. The lowest BCUT2D eigenvalue weighted by molar-refractivity contribution is -0.123. The zero-order valence-corrected chi connectivity index (χ0v) is 91.3. The predicted octanol–water partition coefficient (Wildman–Crippen LogP) is 30.6. The molecule has 3 atom stereocenters. The van der Waals surface area contributed by atoms with E-state index in [1.807, 2.05) is 72.8 Å². The van der Waals surface area contributed by atoms with Gasteiger partial charge in [0.2, 0.25) is 41.4 Å². The number of nitrogens with one attached hydrogen (secondary N) is 6. The topological polar surface area (TPSA) is 408 Å². The van der Waals surface area contributed by atoms with Gasteiger partial charge in [0.15, 0.2) is 0 Å². The fourth-order valence-corrected chi connectivity index (χ4v) is 25.0. The summed E-state index contributed by atoms with van der Waals surface area (Å²) in [5.74, 6) is -11.4. The molecule has 5 saturated carbocycles. The number of fused-ring (bicyclic) bond motifs is 1. The fraction of sp³-hybridized carbons (Fsp3) is 0.264. The molecule has 6 aliphatic carbocycles. The molecule has 0 saturated heterocycles. The van der Waals surface area contributed by atoms with E-state index in [0.29, 0.717) is 132 Å². The van der Waals surface area contributed by atoms with Crippen LogP contribution in [0.15, 0.2) is 203 Å². The van der Waals surface area contributed by atoms with Gasteiger partial charge in [-0.3, -0.25) is 28.8 Å². The first kappa shape index (κ1) is 112. The van der Waals surface area contributed by atoms with Crippen LogP contribution in [-0.2, 0) is 46.3 Å². The Morgan fingerprint density at radius 3 is 1.05 bits per heavy atom. The number of hydrogen-bond donors (Lipinski definition) is 12. The molecular formula is C106H92Br3Cl5F2N6O19S6. The van der Waals surface area contributed by atoms with Gasteiger partial charge in [-0.15, -0.1) is 68.0 Å². The number of ether oxygens (including phenoxy) is 1. The number of carboxylic acid groups (broad SMARTS) is 6. The molecule has 5 fully saturated rings. The highest BCUT2D eigenvalue weighted by atomic mass is 79.9. The third-order valence-electron chi connectivity index (χ3n) is 25.1. The van der Waals surface area contributed by atoms with E-state index in [-0.39, 0.29) is 116 Å². The lowest BCUT2D eigenvalue weighted by Crippen LogP contribution is -2.33. The number of methoxy groups -OCH3 is 1. The normalized spacial score (nSPS) is 16.5. The van der Waals surface area contributed by atoms with Gasteiger partial charge in [-0.1, -0.05) is 203 Å². The number of amides is 6. The fourth-order valence-electron chi connectivity index (χ4n) is 16.8. The molecule has 0 aliphatic heterocycles. The van der Waals surface area contributed by atoms with Crippen LogP contribution in [0.25, 0.3) is 62.6 Å². The zero-order chi connectivity index (χ0) is 106. The van der Waals surface area contributed by atoms with Gasteiger partial charge in [0, 0.05) is 115 Å². The van der Waals surface area contributed by atoms with Crippen molar-refractivity contribution in [1.29, 1.82) is 0 Å². The number of anilines is 6. The van der Waals surface area contributed by atoms with Crippen LogP contribution in [-0.4, -0.2) is 121 Å². The van der Waals surface area contributed by atoms with E-state index >= 15 is 0 Å². The molecule has 6 aliphatic rings. The molecule has 7 aromatic carbocycles. The largest absolute Gasteiger partial charge is 0.478 e. The van der Waals surface area contributed by atoms with Gasteiger partial charge < -0.3 is 67.3 Å². The first-order valence-corrected chi connectivity index (χ1v) is 55.6. The maximum Gasteiger partial charge on any atom is 0.339 e. The van der Waals surface area contributed by atoms with E-state index in [4.69, 9.17) is 62.7 Å². The van der Waals surface area contributed by atoms with Gasteiger partial charge in [-0.25, -0.2) is 37.5 Å². The Labute approximate surface area is 916 Å². The highest BCUT2D eigenvalue weighted by Gasteiger charge is 2.41. The maximum atomic E-state index is 13.4. The first-order valence-electron chi connectivity index (χ1n) is 46.1. The summed E-state index contributed by atoms with van der Waals surface area (Å²) in [5.41, 5.74) is 9.47. The number of hydrogen-bond acceptors (Lipinski definition) is 19. The van der Waals surface area contributed by atoms with E-state index < -0.39 is 47.7 Å². The summed E-state index contributed by atoms with van der Waals surface area (Å²) in [6.45, 7) is 0.923. The zero-order valence-electron chi connectivity index (χ0n) is 77.8. The van der Waals surface area contributed by atoms with E-state index in [1.54, 1.807) is 112 Å². The second-order valence-electron chi connectivity index (χ2n) is 35.4. The van der Waals surface area contributed by atoms with Crippen LogP contribution >= 0.6 is 174 Å². The number of thiophene rings is 6. The molecule has 13 aromatic rings. The molecule has 41 heteroatoms. The van der Waals surface area contributed by atoms with Crippen molar-refractivity contribution in [1.82, 2.24) is 0 Å². The predicted molar refractivity (Wildman–Crippen MR) is 589 cm³/mol. The number of carbonyl (C=O) groups is 12. The maximum absolute atomic E-state index is 13.4. The Morgan fingerprint density at radius 2 is 0.673 bits per heavy atom. The van der Waals surface area contributed by atoms with Gasteiger partial charge >= 0.3 is 35.8 Å². The number of aromatic carboxylic acids is 6. The van der Waals surface area contributed by atoms with Crippen molar-refractivity contribution in [2.45, 2.75) is 128 Å². The minimum atomic E-state index is -2.73. The Morgan fingerprint density at radius 1 is 0.340 bits per heavy atom. The summed E-state index contributed by atoms with van der Waals surface area (Å²) in [4.78, 5) is 147. The van der Waals surface area contributed by atoms with Crippen molar-refractivity contribution in [2.75, 3.05) is 39.0 Å². The molecule has 6 aromatic heterocycles. The molecule has 147 heavy (non-hydrogen) atoms. The summed E-state index contributed by atoms with van der Waals surface area (Å²) >= 11 is 47.7. The summed E-state index contributed by atoms with van der Waals surface area (Å²) < 4.78 is 34.9. The van der Waals surface area contributed by atoms with Crippen molar-refractivity contribution >= 4 is 279 Å². The summed E-state index contributed by atoms with van der Waals surface area (Å²) in [6.07, 6.45) is 12.3. The molecule has 3 unspecified atom stereocenters. The number of carbonyl (C=O) groups excluding carboxylic acids is 6. The Bertz CT molecular complexity index is 7130. The highest BCUT2D eigenvalue weighted by molar-refractivity contribution is 9.11. The average Bonchev–Trinajstić information content (AvgIpc) is 1.65. The highest BCUT2D eigenvalue weighted by Crippen LogP contribution is 2.49. The minimum Gasteiger partial charge on any atom is -0.478 e. The quantitative estimate of drug-likeness (QED) is 0.0239. The van der Waals surface area contributed by atoms with Crippen LogP contribution in [0.4, 0.5) is 42.9 Å². The average molecular weight is 2400 g/mol. The Balaban J connectivity index is 0.000000140. The Hall–Kier alpha value is -10.9. The lowest BCUT2D eigenvalue weighted by Gasteiger charge is -2.31. The lowest BCUT2D eigenvalue weighted by atomic mass is 9.79. The van der Waals surface area contributed by atoms with Crippen LogP contribution in [0.3, 0.4) is 0 Å². The number of aryl methyl sites for hydroxylation is 1. The molecule has 12 N–H and O–H groups in total. The van der Waals surface area contributed by atoms with Crippen molar-refractivity contribution in [3.05, 3.63) is 273 Å². The molecule has 19 rings (SSSR count). The van der Waals surface area contributed by atoms with Crippen LogP contribution < -0.4 is 31.9 Å². The van der Waals surface area contributed by atoms with Gasteiger partial charge in [0.05, 0.1) is 84.6 Å². The third-order valence-corrected chi connectivity index (χ3v) is 34.5. The van der Waals surface area contributed by atoms with Crippen LogP contribution in [0.1, 0.15) is 177 Å². The molecule has 0 bridgehead atoms. The number of halogens is 10. The van der Waals surface area contributed by atoms with E-state index in [0.717, 1.165) is 113 Å². The summed E-state index contributed by atoms with van der Waals surface area (Å²) in [5, 5.41) is 86.3. The van der Waals surface area contributed by atoms with Gasteiger partial charge in [0.1, 0.15) is 33.4 Å². The summed E-state index contributed by atoms with van der Waals surface area (Å²) in [7, 11) is 1.66. The van der Waals surface area contributed by atoms with E-state index in [1.165, 1.54) is 79.1 Å². The Kier molecular flexibility index (Phi) is 38.5.